The maximum Gasteiger partial charge on any atom is 0.274 e. The fourth-order valence-corrected chi connectivity index (χ4v) is 3.83. The summed E-state index contributed by atoms with van der Waals surface area (Å²) in [6.07, 6.45) is 6.98. The van der Waals surface area contributed by atoms with E-state index in [9.17, 15) is 9.59 Å². The normalized spacial score (nSPS) is 24.4. The van der Waals surface area contributed by atoms with Gasteiger partial charge in [0.2, 0.25) is 5.91 Å². The van der Waals surface area contributed by atoms with Gasteiger partial charge in [-0.3, -0.25) is 19.5 Å². The van der Waals surface area contributed by atoms with Crippen molar-refractivity contribution in [3.8, 4) is 0 Å². The Morgan fingerprint density at radius 1 is 1.36 bits per heavy atom. The highest BCUT2D eigenvalue weighted by Crippen LogP contribution is 2.34. The lowest BCUT2D eigenvalue weighted by atomic mass is 9.90. The van der Waals surface area contributed by atoms with Gasteiger partial charge in [-0.25, -0.2) is 4.98 Å². The molecule has 0 aliphatic carbocycles. The molecule has 1 atom stereocenters. The SMILES string of the molecule is C=CCN1CCN(C(C)C)C(=O)[C@@]12CCN(C(=O)c1cnccn1)C2. The minimum Gasteiger partial charge on any atom is -0.337 e. The molecule has 2 saturated heterocycles. The molecule has 0 radical (unpaired) electrons. The van der Waals surface area contributed by atoms with Gasteiger partial charge in [-0.15, -0.1) is 6.58 Å². The van der Waals surface area contributed by atoms with Crippen LogP contribution in [0.2, 0.25) is 0 Å². The van der Waals surface area contributed by atoms with Crippen molar-refractivity contribution in [1.29, 1.82) is 0 Å². The minimum atomic E-state index is -0.658. The van der Waals surface area contributed by atoms with Gasteiger partial charge in [0, 0.05) is 51.2 Å². The summed E-state index contributed by atoms with van der Waals surface area (Å²) in [5.74, 6) is -0.0527. The molecule has 0 unspecified atom stereocenters. The molecule has 0 bridgehead atoms. The lowest BCUT2D eigenvalue weighted by Crippen LogP contribution is -2.68. The van der Waals surface area contributed by atoms with Gasteiger partial charge in [0.15, 0.2) is 0 Å². The predicted molar refractivity (Wildman–Crippen MR) is 93.9 cm³/mol. The van der Waals surface area contributed by atoms with Crippen LogP contribution < -0.4 is 0 Å². The quantitative estimate of drug-likeness (QED) is 0.757. The van der Waals surface area contributed by atoms with E-state index in [0.717, 1.165) is 6.54 Å². The standard InChI is InChI=1S/C18H25N5O2/c1-4-8-22-10-11-23(14(2)3)17(25)18(22)5-9-21(13-18)16(24)15-12-19-6-7-20-15/h4,6-7,12,14H,1,5,8-11,13H2,2-3H3/t18-/m0/s1. The van der Waals surface area contributed by atoms with Crippen LogP contribution in [0.25, 0.3) is 0 Å². The van der Waals surface area contributed by atoms with Crippen molar-refractivity contribution in [2.75, 3.05) is 32.7 Å². The van der Waals surface area contributed by atoms with E-state index in [4.69, 9.17) is 0 Å². The Balaban J connectivity index is 1.86. The summed E-state index contributed by atoms with van der Waals surface area (Å²) in [7, 11) is 0. The van der Waals surface area contributed by atoms with Gasteiger partial charge in [-0.05, 0) is 20.3 Å². The number of likely N-dealkylation sites (tertiary alicyclic amines) is 1. The number of carbonyl (C=O) groups is 2. The first-order valence-electron chi connectivity index (χ1n) is 8.72. The lowest BCUT2D eigenvalue weighted by Gasteiger charge is -2.48. The zero-order valence-electron chi connectivity index (χ0n) is 14.9. The van der Waals surface area contributed by atoms with E-state index < -0.39 is 5.54 Å². The Hall–Kier alpha value is -2.28. The third-order valence-corrected chi connectivity index (χ3v) is 5.17. The van der Waals surface area contributed by atoms with Crippen molar-refractivity contribution in [3.05, 3.63) is 36.9 Å². The summed E-state index contributed by atoms with van der Waals surface area (Å²) in [6.45, 7) is 11.0. The molecule has 7 nitrogen and oxygen atoms in total. The van der Waals surface area contributed by atoms with Crippen LogP contribution in [0.15, 0.2) is 31.2 Å². The highest BCUT2D eigenvalue weighted by atomic mass is 16.2. The van der Waals surface area contributed by atoms with Crippen molar-refractivity contribution in [2.24, 2.45) is 0 Å². The number of carbonyl (C=O) groups excluding carboxylic acids is 2. The van der Waals surface area contributed by atoms with Crippen LogP contribution in [0.5, 0.6) is 0 Å². The Morgan fingerprint density at radius 3 is 2.80 bits per heavy atom. The van der Waals surface area contributed by atoms with Crippen LogP contribution in [0.4, 0.5) is 0 Å². The molecular formula is C18H25N5O2. The van der Waals surface area contributed by atoms with Gasteiger partial charge in [0.1, 0.15) is 11.2 Å². The molecule has 0 aromatic carbocycles. The molecule has 2 fully saturated rings. The first-order valence-corrected chi connectivity index (χ1v) is 8.72. The molecule has 0 saturated carbocycles. The number of aromatic nitrogens is 2. The summed E-state index contributed by atoms with van der Waals surface area (Å²) in [5, 5.41) is 0. The number of nitrogens with zero attached hydrogens (tertiary/aromatic N) is 5. The second-order valence-corrected chi connectivity index (χ2v) is 6.93. The zero-order chi connectivity index (χ0) is 18.0. The molecule has 134 valence electrons. The van der Waals surface area contributed by atoms with Crippen molar-refractivity contribution in [1.82, 2.24) is 24.7 Å². The molecule has 7 heteroatoms. The van der Waals surface area contributed by atoms with Crippen LogP contribution in [-0.2, 0) is 4.79 Å². The summed E-state index contributed by atoms with van der Waals surface area (Å²) >= 11 is 0. The first kappa shape index (κ1) is 17.5. The number of rotatable bonds is 4. The minimum absolute atomic E-state index is 0.116. The molecule has 3 heterocycles. The monoisotopic (exact) mass is 343 g/mol. The van der Waals surface area contributed by atoms with Crippen molar-refractivity contribution < 1.29 is 9.59 Å². The van der Waals surface area contributed by atoms with E-state index in [0.29, 0.717) is 38.3 Å². The molecule has 2 amide bonds. The van der Waals surface area contributed by atoms with Gasteiger partial charge in [-0.1, -0.05) is 6.08 Å². The lowest BCUT2D eigenvalue weighted by molar-refractivity contribution is -0.152. The Morgan fingerprint density at radius 2 is 2.16 bits per heavy atom. The molecule has 1 aromatic rings. The molecule has 2 aliphatic rings. The van der Waals surface area contributed by atoms with Crippen LogP contribution >= 0.6 is 0 Å². The summed E-state index contributed by atoms with van der Waals surface area (Å²) < 4.78 is 0. The van der Waals surface area contributed by atoms with E-state index in [1.807, 2.05) is 24.8 Å². The zero-order valence-corrected chi connectivity index (χ0v) is 14.9. The highest BCUT2D eigenvalue weighted by molar-refractivity contribution is 5.94. The Labute approximate surface area is 148 Å². The van der Waals surface area contributed by atoms with E-state index in [1.54, 1.807) is 11.1 Å². The molecule has 3 rings (SSSR count). The van der Waals surface area contributed by atoms with Gasteiger partial charge in [0.25, 0.3) is 5.91 Å². The second kappa shape index (κ2) is 6.92. The maximum atomic E-state index is 13.3. The van der Waals surface area contributed by atoms with E-state index in [2.05, 4.69) is 21.4 Å². The van der Waals surface area contributed by atoms with Gasteiger partial charge in [0.05, 0.1) is 6.20 Å². The Kier molecular flexibility index (Phi) is 4.85. The van der Waals surface area contributed by atoms with Crippen molar-refractivity contribution in [3.63, 3.8) is 0 Å². The summed E-state index contributed by atoms with van der Waals surface area (Å²) in [6, 6.07) is 0.153. The fourth-order valence-electron chi connectivity index (χ4n) is 3.83. The number of hydrogen-bond acceptors (Lipinski definition) is 5. The fraction of sp³-hybridized carbons (Fsp3) is 0.556. The van der Waals surface area contributed by atoms with Crippen LogP contribution in [0.1, 0.15) is 30.8 Å². The van der Waals surface area contributed by atoms with Gasteiger partial charge >= 0.3 is 0 Å². The average molecular weight is 343 g/mol. The molecule has 2 aliphatic heterocycles. The largest absolute Gasteiger partial charge is 0.337 e. The van der Waals surface area contributed by atoms with E-state index >= 15 is 0 Å². The molecule has 1 spiro atoms. The van der Waals surface area contributed by atoms with Gasteiger partial charge in [-0.2, -0.15) is 0 Å². The molecule has 1 aromatic heterocycles. The number of hydrogen-bond donors (Lipinski definition) is 0. The topological polar surface area (TPSA) is 69.6 Å². The second-order valence-electron chi connectivity index (χ2n) is 6.93. The summed E-state index contributed by atoms with van der Waals surface area (Å²) in [5.41, 5.74) is -0.340. The van der Waals surface area contributed by atoms with Gasteiger partial charge < -0.3 is 9.80 Å². The summed E-state index contributed by atoms with van der Waals surface area (Å²) in [4.78, 5) is 39.9. The van der Waals surface area contributed by atoms with Crippen molar-refractivity contribution in [2.45, 2.75) is 31.8 Å². The average Bonchev–Trinajstić information content (AvgIpc) is 3.05. The third-order valence-electron chi connectivity index (χ3n) is 5.17. The van der Waals surface area contributed by atoms with E-state index in [-0.39, 0.29) is 17.9 Å². The van der Waals surface area contributed by atoms with Crippen LogP contribution in [0.3, 0.4) is 0 Å². The predicted octanol–water partition coefficient (Wildman–Crippen LogP) is 0.800. The maximum absolute atomic E-state index is 13.3. The van der Waals surface area contributed by atoms with Crippen LogP contribution in [0, 0.1) is 0 Å². The highest BCUT2D eigenvalue weighted by Gasteiger charge is 2.54. The molecule has 0 N–H and O–H groups in total. The first-order chi connectivity index (χ1) is 12.0. The number of piperazine rings is 1. The smallest absolute Gasteiger partial charge is 0.274 e. The molecular weight excluding hydrogens is 318 g/mol. The third kappa shape index (κ3) is 3.04. The van der Waals surface area contributed by atoms with Crippen molar-refractivity contribution >= 4 is 11.8 Å². The Bertz CT molecular complexity index is 663. The molecule has 25 heavy (non-hydrogen) atoms. The van der Waals surface area contributed by atoms with Crippen LogP contribution in [-0.4, -0.2) is 80.8 Å². The number of amides is 2. The van der Waals surface area contributed by atoms with E-state index in [1.165, 1.54) is 12.4 Å².